The number of nitrogens with zero attached hydrogens (tertiary/aromatic N) is 1. The molecule has 2 N–H and O–H groups in total. The number of carbonyl (C=O) groups is 1. The summed E-state index contributed by atoms with van der Waals surface area (Å²) in [7, 11) is 0. The molecule has 0 aromatic rings. The van der Waals surface area contributed by atoms with E-state index in [0.29, 0.717) is 6.61 Å². The maximum absolute atomic E-state index is 11.9. The van der Waals surface area contributed by atoms with Crippen LogP contribution >= 0.6 is 0 Å². The molecule has 1 saturated heterocycles. The summed E-state index contributed by atoms with van der Waals surface area (Å²) in [6.45, 7) is 4.28. The molecular weight excluding hydrogens is 228 g/mol. The van der Waals surface area contributed by atoms with Crippen LogP contribution in [0.5, 0.6) is 0 Å². The van der Waals surface area contributed by atoms with Crippen LogP contribution in [0.1, 0.15) is 51.9 Å². The maximum atomic E-state index is 11.9. The smallest absolute Gasteiger partial charge is 0.409 e. The number of rotatable bonds is 2. The summed E-state index contributed by atoms with van der Waals surface area (Å²) < 4.78 is 5.42. The van der Waals surface area contributed by atoms with Gasteiger partial charge in [-0.2, -0.15) is 0 Å². The molecule has 0 spiro atoms. The summed E-state index contributed by atoms with van der Waals surface area (Å²) in [6.07, 6.45) is 7.55. The van der Waals surface area contributed by atoms with Crippen molar-refractivity contribution in [3.8, 4) is 0 Å². The lowest BCUT2D eigenvalue weighted by Gasteiger charge is -2.34. The quantitative estimate of drug-likeness (QED) is 0.823. The molecule has 2 aliphatic rings. The van der Waals surface area contributed by atoms with Gasteiger partial charge in [-0.15, -0.1) is 0 Å². The molecule has 104 valence electrons. The van der Waals surface area contributed by atoms with Crippen LogP contribution in [0.25, 0.3) is 0 Å². The van der Waals surface area contributed by atoms with Gasteiger partial charge in [-0.1, -0.05) is 26.2 Å². The molecule has 1 aliphatic heterocycles. The largest absolute Gasteiger partial charge is 0.447 e. The Morgan fingerprint density at radius 1 is 1.28 bits per heavy atom. The molecular formula is C14H26N2O2. The predicted molar refractivity (Wildman–Crippen MR) is 71.3 cm³/mol. The Kier molecular flexibility index (Phi) is 4.49. The van der Waals surface area contributed by atoms with Crippen LogP contribution in [0.4, 0.5) is 4.79 Å². The summed E-state index contributed by atoms with van der Waals surface area (Å²) in [5, 5.41) is 0. The van der Waals surface area contributed by atoms with E-state index in [9.17, 15) is 4.79 Å². The zero-order valence-corrected chi connectivity index (χ0v) is 11.5. The van der Waals surface area contributed by atoms with E-state index in [1.165, 1.54) is 6.42 Å². The van der Waals surface area contributed by atoms with Crippen LogP contribution in [0.15, 0.2) is 0 Å². The third kappa shape index (κ3) is 3.61. The van der Waals surface area contributed by atoms with Crippen molar-refractivity contribution in [3.63, 3.8) is 0 Å². The average Bonchev–Trinajstić information content (AvgIpc) is 2.38. The highest BCUT2D eigenvalue weighted by Gasteiger charge is 2.30. The van der Waals surface area contributed by atoms with Crippen LogP contribution in [0.2, 0.25) is 0 Å². The number of hydrogen-bond acceptors (Lipinski definition) is 3. The Hall–Kier alpha value is -0.770. The fourth-order valence-electron chi connectivity index (χ4n) is 2.89. The highest BCUT2D eigenvalue weighted by molar-refractivity contribution is 5.67. The van der Waals surface area contributed by atoms with E-state index in [1.54, 1.807) is 0 Å². The second-order valence-corrected chi connectivity index (χ2v) is 6.15. The molecule has 0 unspecified atom stereocenters. The van der Waals surface area contributed by atoms with Crippen LogP contribution in [0.3, 0.4) is 0 Å². The first-order valence-electron chi connectivity index (χ1n) is 7.30. The van der Waals surface area contributed by atoms with E-state index in [4.69, 9.17) is 10.5 Å². The van der Waals surface area contributed by atoms with Crippen molar-refractivity contribution in [1.82, 2.24) is 4.90 Å². The van der Waals surface area contributed by atoms with Gasteiger partial charge in [-0.05, 0) is 31.6 Å². The number of piperidine rings is 1. The van der Waals surface area contributed by atoms with Crippen LogP contribution < -0.4 is 5.73 Å². The Bertz CT molecular complexity index is 280. The van der Waals surface area contributed by atoms with E-state index in [-0.39, 0.29) is 11.6 Å². The topological polar surface area (TPSA) is 55.6 Å². The van der Waals surface area contributed by atoms with Crippen LogP contribution in [-0.2, 0) is 4.74 Å². The fourth-order valence-corrected chi connectivity index (χ4v) is 2.89. The molecule has 0 atom stereocenters. The summed E-state index contributed by atoms with van der Waals surface area (Å²) in [4.78, 5) is 13.8. The number of ether oxygens (including phenoxy) is 1. The number of likely N-dealkylation sites (tertiary alicyclic amines) is 1. The lowest BCUT2D eigenvalue weighted by atomic mass is 9.83. The second-order valence-electron chi connectivity index (χ2n) is 6.15. The Morgan fingerprint density at radius 3 is 2.50 bits per heavy atom. The van der Waals surface area contributed by atoms with E-state index in [2.05, 4.69) is 6.92 Å². The highest BCUT2D eigenvalue weighted by atomic mass is 16.6. The minimum atomic E-state index is -0.267. The number of carbonyl (C=O) groups excluding carboxylic acids is 1. The first-order valence-corrected chi connectivity index (χ1v) is 7.30. The molecule has 0 radical (unpaired) electrons. The average molecular weight is 254 g/mol. The lowest BCUT2D eigenvalue weighted by molar-refractivity contribution is 0.0616. The van der Waals surface area contributed by atoms with Crippen LogP contribution in [-0.4, -0.2) is 36.2 Å². The molecule has 2 rings (SSSR count). The molecule has 1 heterocycles. The predicted octanol–water partition coefficient (Wildman–Crippen LogP) is 2.52. The van der Waals surface area contributed by atoms with Crippen molar-refractivity contribution in [2.24, 2.45) is 11.7 Å². The fraction of sp³-hybridized carbons (Fsp3) is 0.929. The zero-order valence-electron chi connectivity index (χ0n) is 11.5. The van der Waals surface area contributed by atoms with Gasteiger partial charge >= 0.3 is 6.09 Å². The Labute approximate surface area is 110 Å². The van der Waals surface area contributed by atoms with Gasteiger partial charge < -0.3 is 15.4 Å². The summed E-state index contributed by atoms with van der Waals surface area (Å²) in [5.41, 5.74) is 6.00. The summed E-state index contributed by atoms with van der Waals surface area (Å²) in [6, 6.07) is 0. The monoisotopic (exact) mass is 254 g/mol. The minimum absolute atomic E-state index is 0.169. The lowest BCUT2D eigenvalue weighted by Crippen LogP contribution is -2.48. The molecule has 1 amide bonds. The third-order valence-corrected chi connectivity index (χ3v) is 4.37. The van der Waals surface area contributed by atoms with Crippen LogP contribution in [0, 0.1) is 5.92 Å². The van der Waals surface area contributed by atoms with Crippen molar-refractivity contribution < 1.29 is 9.53 Å². The first kappa shape index (κ1) is 13.7. The second kappa shape index (κ2) is 5.91. The molecule has 4 nitrogen and oxygen atoms in total. The van der Waals surface area contributed by atoms with E-state index >= 15 is 0 Å². The highest BCUT2D eigenvalue weighted by Crippen LogP contribution is 2.26. The molecule has 1 aliphatic carbocycles. The van der Waals surface area contributed by atoms with Crippen molar-refractivity contribution >= 4 is 6.09 Å². The zero-order chi connectivity index (χ0) is 13.0. The van der Waals surface area contributed by atoms with Gasteiger partial charge in [-0.25, -0.2) is 4.79 Å². The minimum Gasteiger partial charge on any atom is -0.447 e. The van der Waals surface area contributed by atoms with E-state index in [0.717, 1.165) is 57.5 Å². The van der Waals surface area contributed by atoms with Gasteiger partial charge in [0.1, 0.15) is 6.61 Å². The van der Waals surface area contributed by atoms with E-state index < -0.39 is 0 Å². The third-order valence-electron chi connectivity index (χ3n) is 4.37. The summed E-state index contributed by atoms with van der Waals surface area (Å²) >= 11 is 0. The van der Waals surface area contributed by atoms with Crippen molar-refractivity contribution in [2.45, 2.75) is 57.4 Å². The van der Waals surface area contributed by atoms with Gasteiger partial charge in [0.05, 0.1) is 5.54 Å². The van der Waals surface area contributed by atoms with Gasteiger partial charge in [0, 0.05) is 13.1 Å². The van der Waals surface area contributed by atoms with Gasteiger partial charge in [0.15, 0.2) is 0 Å². The molecule has 2 fully saturated rings. The van der Waals surface area contributed by atoms with Crippen molar-refractivity contribution in [2.75, 3.05) is 19.7 Å². The molecule has 0 bridgehead atoms. The van der Waals surface area contributed by atoms with Crippen molar-refractivity contribution in [3.05, 3.63) is 0 Å². The number of nitrogens with two attached hydrogens (primary N) is 1. The normalized spacial score (nSPS) is 24.9. The SMILES string of the molecule is CC1CCN(C(=O)OCC2(N)CCCCC2)CC1. The standard InChI is InChI=1S/C14H26N2O2/c1-12-5-9-16(10-6-12)13(17)18-11-14(15)7-3-2-4-8-14/h12H,2-11,15H2,1H3. The maximum Gasteiger partial charge on any atom is 0.409 e. The molecule has 0 aromatic heterocycles. The Balaban J connectivity index is 1.74. The molecule has 4 heteroatoms. The molecule has 18 heavy (non-hydrogen) atoms. The van der Waals surface area contributed by atoms with E-state index in [1.807, 2.05) is 4.90 Å². The van der Waals surface area contributed by atoms with Gasteiger partial charge in [-0.3, -0.25) is 0 Å². The number of hydrogen-bond donors (Lipinski definition) is 1. The molecule has 1 saturated carbocycles. The van der Waals surface area contributed by atoms with Gasteiger partial charge in [0.2, 0.25) is 0 Å². The first-order chi connectivity index (χ1) is 8.59. The Morgan fingerprint density at radius 2 is 1.89 bits per heavy atom. The number of amides is 1. The summed E-state index contributed by atoms with van der Waals surface area (Å²) in [5.74, 6) is 0.730. The van der Waals surface area contributed by atoms with Gasteiger partial charge in [0.25, 0.3) is 0 Å². The molecule has 0 aromatic carbocycles. The van der Waals surface area contributed by atoms with Crippen molar-refractivity contribution in [1.29, 1.82) is 0 Å².